The number of nitrogens with zero attached hydrogens (tertiary/aromatic N) is 2. The number of oxime groups is 1. The Bertz CT molecular complexity index is 819. The molecule has 5 heteroatoms. The summed E-state index contributed by atoms with van der Waals surface area (Å²) in [6.07, 6.45) is 2.69. The number of aromatic nitrogens is 1. The molecule has 1 amide bonds. The minimum atomic E-state index is -0.647. The van der Waals surface area contributed by atoms with Crippen LogP contribution in [-0.2, 0) is 4.84 Å². The summed E-state index contributed by atoms with van der Waals surface area (Å²) in [5, 5.41) is 6.70. The first-order valence-electron chi connectivity index (χ1n) is 7.81. The highest BCUT2D eigenvalue weighted by molar-refractivity contribution is 6.12. The van der Waals surface area contributed by atoms with E-state index in [9.17, 15) is 4.79 Å². The van der Waals surface area contributed by atoms with Crippen molar-refractivity contribution in [2.45, 2.75) is 6.92 Å². The maximum Gasteiger partial charge on any atom is 0.437 e. The Morgan fingerprint density at radius 2 is 1.56 bits per heavy atom. The number of benzene rings is 2. The summed E-state index contributed by atoms with van der Waals surface area (Å²) in [6.45, 7) is 1.98. The fourth-order valence-corrected chi connectivity index (χ4v) is 2.24. The maximum absolute atomic E-state index is 12.0. The molecule has 124 valence electrons. The molecular weight excluding hydrogens is 314 g/mol. The molecule has 1 N–H and O–H groups in total. The molecule has 0 saturated heterocycles. The Labute approximate surface area is 146 Å². The number of nitrogens with one attached hydrogen (secondary N) is 1. The molecule has 25 heavy (non-hydrogen) atoms. The van der Waals surface area contributed by atoms with Gasteiger partial charge < -0.3 is 0 Å². The van der Waals surface area contributed by atoms with E-state index in [1.807, 2.05) is 61.5 Å². The van der Waals surface area contributed by atoms with E-state index in [-0.39, 0.29) is 0 Å². The van der Waals surface area contributed by atoms with Crippen LogP contribution in [0.3, 0.4) is 0 Å². The summed E-state index contributed by atoms with van der Waals surface area (Å²) in [4.78, 5) is 21.1. The van der Waals surface area contributed by atoms with Crippen LogP contribution < -0.4 is 5.32 Å². The third kappa shape index (κ3) is 4.51. The smallest absolute Gasteiger partial charge is 0.297 e. The lowest BCUT2D eigenvalue weighted by molar-refractivity contribution is 0.166. The molecular formula is C20H17N3O2. The van der Waals surface area contributed by atoms with Gasteiger partial charge in [-0.15, -0.1) is 0 Å². The zero-order valence-corrected chi connectivity index (χ0v) is 13.7. The molecule has 2 aromatic carbocycles. The fraction of sp³-hybridized carbons (Fsp3) is 0.0500. The molecule has 1 heterocycles. The van der Waals surface area contributed by atoms with Crippen LogP contribution in [0.25, 0.3) is 0 Å². The Kier molecular flexibility index (Phi) is 5.16. The molecule has 5 nitrogen and oxygen atoms in total. The van der Waals surface area contributed by atoms with E-state index in [0.29, 0.717) is 11.4 Å². The summed E-state index contributed by atoms with van der Waals surface area (Å²) < 4.78 is 0. The molecule has 0 unspecified atom stereocenters. The summed E-state index contributed by atoms with van der Waals surface area (Å²) in [5.74, 6) is 0. The van der Waals surface area contributed by atoms with E-state index in [4.69, 9.17) is 4.84 Å². The van der Waals surface area contributed by atoms with E-state index >= 15 is 0 Å². The number of rotatable bonds is 4. The highest BCUT2D eigenvalue weighted by Gasteiger charge is 2.09. The van der Waals surface area contributed by atoms with Gasteiger partial charge in [0, 0.05) is 29.2 Å². The Balaban J connectivity index is 1.79. The number of carbonyl (C=O) groups is 1. The lowest BCUT2D eigenvalue weighted by Gasteiger charge is -2.07. The summed E-state index contributed by atoms with van der Waals surface area (Å²) in [7, 11) is 0. The molecule has 1 aromatic heterocycles. The molecule has 0 fully saturated rings. The maximum atomic E-state index is 12.0. The van der Waals surface area contributed by atoms with Crippen LogP contribution in [-0.4, -0.2) is 16.8 Å². The lowest BCUT2D eigenvalue weighted by Crippen LogP contribution is -2.13. The Hall–Kier alpha value is -3.47. The van der Waals surface area contributed by atoms with Gasteiger partial charge in [0.2, 0.25) is 0 Å². The zero-order chi connectivity index (χ0) is 17.5. The Morgan fingerprint density at radius 1 is 0.920 bits per heavy atom. The topological polar surface area (TPSA) is 63.6 Å². The molecule has 0 bridgehead atoms. The largest absolute Gasteiger partial charge is 0.437 e. The normalized spacial score (nSPS) is 11.0. The second-order valence-corrected chi connectivity index (χ2v) is 5.41. The van der Waals surface area contributed by atoms with Crippen LogP contribution >= 0.6 is 0 Å². The quantitative estimate of drug-likeness (QED) is 0.438. The van der Waals surface area contributed by atoms with Crippen molar-refractivity contribution in [1.29, 1.82) is 0 Å². The van der Waals surface area contributed by atoms with Gasteiger partial charge in [-0.2, -0.15) is 0 Å². The number of pyridine rings is 1. The van der Waals surface area contributed by atoms with Crippen LogP contribution in [0.1, 0.15) is 16.7 Å². The number of amides is 1. The first-order valence-corrected chi connectivity index (χ1v) is 7.81. The minimum absolute atomic E-state index is 0.557. The summed E-state index contributed by atoms with van der Waals surface area (Å²) in [5.41, 5.74) is 3.97. The van der Waals surface area contributed by atoms with E-state index in [0.717, 1.165) is 16.7 Å². The van der Waals surface area contributed by atoms with Gasteiger partial charge in [0.05, 0.1) is 0 Å². The van der Waals surface area contributed by atoms with Crippen LogP contribution in [0.15, 0.2) is 84.3 Å². The van der Waals surface area contributed by atoms with Crippen molar-refractivity contribution in [2.75, 3.05) is 5.32 Å². The van der Waals surface area contributed by atoms with Gasteiger partial charge in [-0.25, -0.2) is 4.79 Å². The fourth-order valence-electron chi connectivity index (χ4n) is 2.24. The van der Waals surface area contributed by atoms with Gasteiger partial charge in [-0.3, -0.25) is 15.1 Å². The van der Waals surface area contributed by atoms with E-state index < -0.39 is 6.09 Å². The highest BCUT2D eigenvalue weighted by Crippen LogP contribution is 2.12. The van der Waals surface area contributed by atoms with Gasteiger partial charge >= 0.3 is 6.09 Å². The number of aryl methyl sites for hydroxylation is 1. The van der Waals surface area contributed by atoms with Crippen LogP contribution in [0.2, 0.25) is 0 Å². The number of hydrogen-bond donors (Lipinski definition) is 1. The van der Waals surface area contributed by atoms with E-state index in [1.54, 1.807) is 24.5 Å². The molecule has 0 saturated carbocycles. The van der Waals surface area contributed by atoms with Crippen LogP contribution in [0.5, 0.6) is 0 Å². The minimum Gasteiger partial charge on any atom is -0.297 e. The molecule has 0 aliphatic rings. The molecule has 3 rings (SSSR count). The average Bonchev–Trinajstić information content (AvgIpc) is 2.66. The summed E-state index contributed by atoms with van der Waals surface area (Å²) >= 11 is 0. The first-order chi connectivity index (χ1) is 12.2. The predicted molar refractivity (Wildman–Crippen MR) is 97.6 cm³/mol. The molecule has 0 radical (unpaired) electrons. The van der Waals surface area contributed by atoms with Crippen molar-refractivity contribution in [3.05, 3.63) is 95.8 Å². The summed E-state index contributed by atoms with van der Waals surface area (Å²) in [6, 6.07) is 20.6. The van der Waals surface area contributed by atoms with Crippen molar-refractivity contribution < 1.29 is 9.63 Å². The standard InChI is InChI=1S/C20H17N3O2/c1-15-7-9-18(10-8-15)22-20(24)25-23-19(16-5-3-2-4-6-16)17-11-13-21-14-12-17/h2-14H,1H3,(H,22,24). The van der Waals surface area contributed by atoms with Gasteiger partial charge in [-0.1, -0.05) is 53.2 Å². The second kappa shape index (κ2) is 7.88. The number of anilines is 1. The van der Waals surface area contributed by atoms with Crippen LogP contribution in [0, 0.1) is 6.92 Å². The third-order valence-corrected chi connectivity index (χ3v) is 3.52. The number of carbonyl (C=O) groups excluding carboxylic acids is 1. The van der Waals surface area contributed by atoms with Crippen molar-refractivity contribution in [1.82, 2.24) is 4.98 Å². The van der Waals surface area contributed by atoms with Gasteiger partial charge in [0.15, 0.2) is 0 Å². The van der Waals surface area contributed by atoms with Gasteiger partial charge in [0.25, 0.3) is 0 Å². The van der Waals surface area contributed by atoms with Crippen molar-refractivity contribution in [3.8, 4) is 0 Å². The molecule has 0 aliphatic carbocycles. The SMILES string of the molecule is Cc1ccc(NC(=O)ON=C(c2ccccc2)c2ccncc2)cc1. The van der Waals surface area contributed by atoms with E-state index in [1.165, 1.54) is 0 Å². The van der Waals surface area contributed by atoms with Gasteiger partial charge in [-0.05, 0) is 31.2 Å². The predicted octanol–water partition coefficient (Wildman–Crippen LogP) is 4.39. The van der Waals surface area contributed by atoms with Crippen LogP contribution in [0.4, 0.5) is 10.5 Å². The molecule has 0 spiro atoms. The molecule has 0 atom stereocenters. The van der Waals surface area contributed by atoms with E-state index in [2.05, 4.69) is 15.5 Å². The molecule has 3 aromatic rings. The molecule has 0 aliphatic heterocycles. The third-order valence-electron chi connectivity index (χ3n) is 3.52. The average molecular weight is 331 g/mol. The first kappa shape index (κ1) is 16.4. The lowest BCUT2D eigenvalue weighted by atomic mass is 10.0. The van der Waals surface area contributed by atoms with Crippen molar-refractivity contribution in [2.24, 2.45) is 5.16 Å². The number of hydrogen-bond acceptors (Lipinski definition) is 4. The van der Waals surface area contributed by atoms with Crippen molar-refractivity contribution >= 4 is 17.5 Å². The monoisotopic (exact) mass is 331 g/mol. The van der Waals surface area contributed by atoms with Gasteiger partial charge in [0.1, 0.15) is 5.71 Å². The second-order valence-electron chi connectivity index (χ2n) is 5.41. The Morgan fingerprint density at radius 3 is 2.24 bits per heavy atom. The van der Waals surface area contributed by atoms with Crippen molar-refractivity contribution in [3.63, 3.8) is 0 Å². The zero-order valence-electron chi connectivity index (χ0n) is 13.7. The highest BCUT2D eigenvalue weighted by atomic mass is 16.7.